The second-order valence-corrected chi connectivity index (χ2v) is 5.55. The van der Waals surface area contributed by atoms with E-state index in [-0.39, 0.29) is 5.91 Å². The fourth-order valence-corrected chi connectivity index (χ4v) is 2.06. The summed E-state index contributed by atoms with van der Waals surface area (Å²) in [6, 6.07) is 7.29. The summed E-state index contributed by atoms with van der Waals surface area (Å²) in [6.07, 6.45) is 0.725. The molecule has 0 aliphatic carbocycles. The van der Waals surface area contributed by atoms with Gasteiger partial charge in [-0.1, -0.05) is 28.9 Å². The number of halogens is 1. The Labute approximate surface area is 134 Å². The van der Waals surface area contributed by atoms with E-state index in [9.17, 15) is 4.79 Å². The van der Waals surface area contributed by atoms with E-state index in [4.69, 9.17) is 16.1 Å². The van der Waals surface area contributed by atoms with Gasteiger partial charge in [0.1, 0.15) is 0 Å². The van der Waals surface area contributed by atoms with Crippen molar-refractivity contribution in [1.82, 2.24) is 20.4 Å². The van der Waals surface area contributed by atoms with Gasteiger partial charge in [0.05, 0.1) is 5.02 Å². The topological polar surface area (TPSA) is 71.3 Å². The SMILES string of the molecule is CN(C)CCNC(=O)CCc1nc(-c2ccccc2Cl)no1. The third-order valence-corrected chi connectivity index (χ3v) is 3.36. The Morgan fingerprint density at radius 3 is 2.86 bits per heavy atom. The van der Waals surface area contributed by atoms with E-state index >= 15 is 0 Å². The van der Waals surface area contributed by atoms with Crippen LogP contribution in [0.3, 0.4) is 0 Å². The zero-order valence-corrected chi connectivity index (χ0v) is 13.4. The third-order valence-electron chi connectivity index (χ3n) is 3.03. The average Bonchev–Trinajstić information content (AvgIpc) is 2.94. The number of likely N-dealkylation sites (N-methyl/N-ethyl adjacent to an activating group) is 1. The maximum absolute atomic E-state index is 11.7. The first-order valence-corrected chi connectivity index (χ1v) is 7.43. The molecule has 1 amide bonds. The molecule has 7 heteroatoms. The molecule has 0 saturated heterocycles. The molecule has 2 rings (SSSR count). The van der Waals surface area contributed by atoms with Crippen LogP contribution >= 0.6 is 11.6 Å². The Hall–Kier alpha value is -1.92. The maximum Gasteiger partial charge on any atom is 0.227 e. The number of aryl methyl sites for hydroxylation is 1. The van der Waals surface area contributed by atoms with Crippen molar-refractivity contribution in [2.75, 3.05) is 27.2 Å². The smallest absolute Gasteiger partial charge is 0.227 e. The van der Waals surface area contributed by atoms with Gasteiger partial charge >= 0.3 is 0 Å². The Kier molecular flexibility index (Phi) is 5.91. The van der Waals surface area contributed by atoms with Crippen LogP contribution in [0.25, 0.3) is 11.4 Å². The quantitative estimate of drug-likeness (QED) is 0.844. The summed E-state index contributed by atoms with van der Waals surface area (Å²) in [5, 5.41) is 7.31. The van der Waals surface area contributed by atoms with Crippen LogP contribution in [0.15, 0.2) is 28.8 Å². The minimum absolute atomic E-state index is 0.0284. The first kappa shape index (κ1) is 16.5. The summed E-state index contributed by atoms with van der Waals surface area (Å²) in [4.78, 5) is 18.0. The molecule has 118 valence electrons. The fraction of sp³-hybridized carbons (Fsp3) is 0.400. The van der Waals surface area contributed by atoms with Crippen LogP contribution in [-0.2, 0) is 11.2 Å². The molecular weight excluding hydrogens is 304 g/mol. The van der Waals surface area contributed by atoms with Crippen molar-refractivity contribution >= 4 is 17.5 Å². The standard InChI is InChI=1S/C15H19ClN4O2/c1-20(2)10-9-17-13(21)7-8-14-18-15(19-22-14)11-5-3-4-6-12(11)16/h3-6H,7-10H2,1-2H3,(H,17,21). The number of hydrogen-bond acceptors (Lipinski definition) is 5. The summed E-state index contributed by atoms with van der Waals surface area (Å²) < 4.78 is 5.16. The van der Waals surface area contributed by atoms with Crippen molar-refractivity contribution in [3.63, 3.8) is 0 Å². The molecule has 0 radical (unpaired) electrons. The number of nitrogens with zero attached hydrogens (tertiary/aromatic N) is 3. The van der Waals surface area contributed by atoms with E-state index in [0.29, 0.717) is 36.1 Å². The highest BCUT2D eigenvalue weighted by Crippen LogP contribution is 2.24. The molecule has 0 aliphatic heterocycles. The van der Waals surface area contributed by atoms with Crippen molar-refractivity contribution in [3.05, 3.63) is 35.2 Å². The van der Waals surface area contributed by atoms with Crippen LogP contribution < -0.4 is 5.32 Å². The highest BCUT2D eigenvalue weighted by molar-refractivity contribution is 6.33. The van der Waals surface area contributed by atoms with Gasteiger partial charge in [-0.2, -0.15) is 4.98 Å². The van der Waals surface area contributed by atoms with Gasteiger partial charge in [-0.15, -0.1) is 0 Å². The fourth-order valence-electron chi connectivity index (χ4n) is 1.84. The lowest BCUT2D eigenvalue weighted by Crippen LogP contribution is -2.31. The molecule has 0 bridgehead atoms. The van der Waals surface area contributed by atoms with Gasteiger partial charge < -0.3 is 14.7 Å². The Balaban J connectivity index is 1.85. The normalized spacial score (nSPS) is 10.9. The molecule has 22 heavy (non-hydrogen) atoms. The summed E-state index contributed by atoms with van der Waals surface area (Å²) in [6.45, 7) is 1.43. The molecule has 0 spiro atoms. The number of benzene rings is 1. The number of hydrogen-bond donors (Lipinski definition) is 1. The molecule has 0 atom stereocenters. The molecule has 1 aromatic carbocycles. The third kappa shape index (κ3) is 4.82. The Bertz CT molecular complexity index is 628. The number of carbonyl (C=O) groups excluding carboxylic acids is 1. The molecule has 0 saturated carbocycles. The number of amides is 1. The Morgan fingerprint density at radius 2 is 2.14 bits per heavy atom. The van der Waals surface area contributed by atoms with Gasteiger partial charge in [0.2, 0.25) is 17.6 Å². The second-order valence-electron chi connectivity index (χ2n) is 5.14. The van der Waals surface area contributed by atoms with E-state index in [0.717, 1.165) is 12.1 Å². The summed E-state index contributed by atoms with van der Waals surface area (Å²) in [5.74, 6) is 0.839. The predicted octanol–water partition coefficient (Wildman–Crippen LogP) is 2.00. The number of nitrogens with one attached hydrogen (secondary N) is 1. The summed E-state index contributed by atoms with van der Waals surface area (Å²) in [7, 11) is 3.92. The minimum atomic E-state index is -0.0284. The van der Waals surface area contributed by atoms with Gasteiger partial charge in [0.15, 0.2) is 0 Å². The van der Waals surface area contributed by atoms with Crippen LogP contribution in [0.5, 0.6) is 0 Å². The number of rotatable bonds is 7. The van der Waals surface area contributed by atoms with Crippen LogP contribution in [-0.4, -0.2) is 48.1 Å². The summed E-state index contributed by atoms with van der Waals surface area (Å²) in [5.41, 5.74) is 0.717. The molecule has 0 aliphatic rings. The van der Waals surface area contributed by atoms with Crippen molar-refractivity contribution in [1.29, 1.82) is 0 Å². The largest absolute Gasteiger partial charge is 0.355 e. The highest BCUT2D eigenvalue weighted by atomic mass is 35.5. The van der Waals surface area contributed by atoms with Gasteiger partial charge in [-0.25, -0.2) is 0 Å². The lowest BCUT2D eigenvalue weighted by molar-refractivity contribution is -0.121. The molecule has 1 heterocycles. The van der Waals surface area contributed by atoms with Gasteiger partial charge in [0, 0.05) is 31.5 Å². The lowest BCUT2D eigenvalue weighted by atomic mass is 10.2. The first-order chi connectivity index (χ1) is 10.6. The predicted molar refractivity (Wildman–Crippen MR) is 84.6 cm³/mol. The van der Waals surface area contributed by atoms with Crippen LogP contribution in [0.1, 0.15) is 12.3 Å². The monoisotopic (exact) mass is 322 g/mol. The van der Waals surface area contributed by atoms with E-state index < -0.39 is 0 Å². The van der Waals surface area contributed by atoms with Crippen molar-refractivity contribution in [2.45, 2.75) is 12.8 Å². The average molecular weight is 323 g/mol. The van der Waals surface area contributed by atoms with Crippen molar-refractivity contribution < 1.29 is 9.32 Å². The van der Waals surface area contributed by atoms with Gasteiger partial charge in [-0.3, -0.25) is 4.79 Å². The van der Waals surface area contributed by atoms with E-state index in [2.05, 4.69) is 15.5 Å². The van der Waals surface area contributed by atoms with Crippen LogP contribution in [0.2, 0.25) is 5.02 Å². The van der Waals surface area contributed by atoms with Gasteiger partial charge in [-0.05, 0) is 26.2 Å². The van der Waals surface area contributed by atoms with E-state index in [1.54, 1.807) is 6.07 Å². The minimum Gasteiger partial charge on any atom is -0.355 e. The van der Waals surface area contributed by atoms with E-state index in [1.807, 2.05) is 37.2 Å². The zero-order chi connectivity index (χ0) is 15.9. The molecule has 6 nitrogen and oxygen atoms in total. The Morgan fingerprint density at radius 1 is 1.36 bits per heavy atom. The maximum atomic E-state index is 11.7. The lowest BCUT2D eigenvalue weighted by Gasteiger charge is -2.09. The molecule has 1 aromatic heterocycles. The van der Waals surface area contributed by atoms with Crippen LogP contribution in [0, 0.1) is 0 Å². The molecule has 0 fully saturated rings. The van der Waals surface area contributed by atoms with Crippen LogP contribution in [0.4, 0.5) is 0 Å². The zero-order valence-electron chi connectivity index (χ0n) is 12.7. The molecule has 0 unspecified atom stereocenters. The van der Waals surface area contributed by atoms with Crippen molar-refractivity contribution in [3.8, 4) is 11.4 Å². The highest BCUT2D eigenvalue weighted by Gasteiger charge is 2.12. The summed E-state index contributed by atoms with van der Waals surface area (Å²) >= 11 is 6.09. The van der Waals surface area contributed by atoms with Crippen molar-refractivity contribution in [2.24, 2.45) is 0 Å². The number of aromatic nitrogens is 2. The second kappa shape index (κ2) is 7.91. The van der Waals surface area contributed by atoms with Gasteiger partial charge in [0.25, 0.3) is 0 Å². The number of carbonyl (C=O) groups is 1. The molecule has 1 N–H and O–H groups in total. The molecular formula is C15H19ClN4O2. The molecule has 2 aromatic rings. The first-order valence-electron chi connectivity index (χ1n) is 7.05. The van der Waals surface area contributed by atoms with E-state index in [1.165, 1.54) is 0 Å².